The number of nitrogens with zero attached hydrogens (tertiary/aromatic N) is 4. The normalized spacial score (nSPS) is 13.4. The first-order valence-electron chi connectivity index (χ1n) is 17.6. The maximum atomic E-state index is 13.1. The Balaban J connectivity index is 1.54. The lowest BCUT2D eigenvalue weighted by molar-refractivity contribution is -0.167. The molecule has 19 nitrogen and oxygen atoms in total. The van der Waals surface area contributed by atoms with Crippen molar-refractivity contribution in [3.8, 4) is 40.5 Å². The SMILES string of the molecule is CC(O)C(NC(=O)CN)C(=O)OC[C@H](COc1ccc(-c2c(C#N)c(N)nc(SCc3coc(-c4ccc(Cl)cc4)n3)c2C#N)cc1)OC(=O)C(NC(=O)CN)C(C)O. The predicted molar refractivity (Wildman–Crippen MR) is 212 cm³/mol. The quantitative estimate of drug-likeness (QED) is 0.0514. The molecule has 2 aromatic heterocycles. The van der Waals surface area contributed by atoms with Gasteiger partial charge in [0.2, 0.25) is 17.7 Å². The van der Waals surface area contributed by atoms with Gasteiger partial charge in [0.25, 0.3) is 0 Å². The van der Waals surface area contributed by atoms with Gasteiger partial charge in [0.05, 0.1) is 36.6 Å². The van der Waals surface area contributed by atoms with Crippen LogP contribution < -0.4 is 32.6 Å². The van der Waals surface area contributed by atoms with Gasteiger partial charge in [-0.2, -0.15) is 10.5 Å². The Morgan fingerprint density at radius 1 is 0.864 bits per heavy atom. The van der Waals surface area contributed by atoms with Crippen LogP contribution >= 0.6 is 23.4 Å². The van der Waals surface area contributed by atoms with Crippen LogP contribution in [0.2, 0.25) is 5.02 Å². The molecule has 2 heterocycles. The Labute approximate surface area is 346 Å². The van der Waals surface area contributed by atoms with Crippen molar-refractivity contribution >= 4 is 52.9 Å². The van der Waals surface area contributed by atoms with Crippen LogP contribution in [0.4, 0.5) is 5.82 Å². The second kappa shape index (κ2) is 21.5. The molecule has 10 N–H and O–H groups in total. The van der Waals surface area contributed by atoms with Crippen molar-refractivity contribution in [1.82, 2.24) is 20.6 Å². The Bertz CT molecular complexity index is 2210. The Kier molecular flexibility index (Phi) is 16.5. The highest BCUT2D eigenvalue weighted by molar-refractivity contribution is 7.98. The van der Waals surface area contributed by atoms with Crippen molar-refractivity contribution in [2.75, 3.05) is 32.0 Å². The molecule has 59 heavy (non-hydrogen) atoms. The van der Waals surface area contributed by atoms with Crippen molar-refractivity contribution < 1.29 is 48.0 Å². The second-order valence-electron chi connectivity index (χ2n) is 12.6. The summed E-state index contributed by atoms with van der Waals surface area (Å²) >= 11 is 7.15. The molecule has 0 aliphatic heterocycles. The molecule has 0 aliphatic rings. The highest BCUT2D eigenvalue weighted by Gasteiger charge is 2.32. The van der Waals surface area contributed by atoms with E-state index in [-0.39, 0.29) is 39.0 Å². The molecule has 5 atom stereocenters. The zero-order valence-corrected chi connectivity index (χ0v) is 33.2. The average molecular weight is 850 g/mol. The van der Waals surface area contributed by atoms with E-state index in [9.17, 15) is 39.9 Å². The summed E-state index contributed by atoms with van der Waals surface area (Å²) in [7, 11) is 0. The minimum Gasteiger partial charge on any atom is -0.490 e. The third kappa shape index (κ3) is 12.4. The first-order chi connectivity index (χ1) is 28.2. The van der Waals surface area contributed by atoms with Gasteiger partial charge >= 0.3 is 11.9 Å². The first-order valence-corrected chi connectivity index (χ1v) is 19.0. The van der Waals surface area contributed by atoms with Gasteiger partial charge in [0, 0.05) is 21.9 Å². The van der Waals surface area contributed by atoms with Crippen molar-refractivity contribution in [2.24, 2.45) is 11.5 Å². The van der Waals surface area contributed by atoms with Crippen LogP contribution in [0.1, 0.15) is 30.7 Å². The van der Waals surface area contributed by atoms with Gasteiger partial charge in [-0.1, -0.05) is 35.5 Å². The summed E-state index contributed by atoms with van der Waals surface area (Å²) < 4.78 is 22.2. The van der Waals surface area contributed by atoms with E-state index < -0.39 is 80.5 Å². The van der Waals surface area contributed by atoms with Gasteiger partial charge in [-0.15, -0.1) is 0 Å². The largest absolute Gasteiger partial charge is 0.490 e. The maximum absolute atomic E-state index is 13.1. The summed E-state index contributed by atoms with van der Waals surface area (Å²) in [6.07, 6.45) is -2.71. The molecule has 310 valence electrons. The summed E-state index contributed by atoms with van der Waals surface area (Å²) in [5.74, 6) is -3.01. The molecule has 4 unspecified atom stereocenters. The van der Waals surface area contributed by atoms with Crippen LogP contribution in [0.15, 0.2) is 64.2 Å². The van der Waals surface area contributed by atoms with Gasteiger partial charge in [-0.25, -0.2) is 19.6 Å². The average Bonchev–Trinajstić information content (AvgIpc) is 3.70. The van der Waals surface area contributed by atoms with E-state index in [2.05, 4.69) is 26.7 Å². The molecule has 2 amide bonds. The number of nitrogen functional groups attached to an aromatic ring is 1. The number of ether oxygens (including phenoxy) is 3. The highest BCUT2D eigenvalue weighted by atomic mass is 35.5. The number of thioether (sulfide) groups is 1. The fourth-order valence-corrected chi connectivity index (χ4v) is 6.17. The Hall–Kier alpha value is -6.26. The van der Waals surface area contributed by atoms with E-state index in [4.69, 9.17) is 47.4 Å². The van der Waals surface area contributed by atoms with Gasteiger partial charge in [0.15, 0.2) is 18.2 Å². The van der Waals surface area contributed by atoms with Crippen LogP contribution in [0.25, 0.3) is 22.6 Å². The first kappa shape index (κ1) is 45.4. The van der Waals surface area contributed by atoms with Crippen LogP contribution in [0, 0.1) is 22.7 Å². The van der Waals surface area contributed by atoms with Gasteiger partial charge in [-0.3, -0.25) is 9.59 Å². The fraction of sp³-hybridized carbons (Fsp3) is 0.316. The van der Waals surface area contributed by atoms with Crippen LogP contribution in [0.3, 0.4) is 0 Å². The molecular weight excluding hydrogens is 810 g/mol. The predicted octanol–water partition coefficient (Wildman–Crippen LogP) is 1.16. The van der Waals surface area contributed by atoms with Gasteiger partial charge < -0.3 is 56.7 Å². The molecule has 0 fully saturated rings. The topological polar surface area (TPSA) is 325 Å². The van der Waals surface area contributed by atoms with Crippen molar-refractivity contribution in [2.45, 2.75) is 55.0 Å². The molecule has 2 aromatic carbocycles. The minimum atomic E-state index is -1.56. The lowest BCUT2D eigenvalue weighted by atomic mass is 9.97. The number of amides is 2. The molecule has 0 bridgehead atoms. The smallest absolute Gasteiger partial charge is 0.331 e. The fourth-order valence-electron chi connectivity index (χ4n) is 5.18. The third-order valence-electron chi connectivity index (χ3n) is 8.16. The molecule has 0 spiro atoms. The monoisotopic (exact) mass is 849 g/mol. The number of esters is 2. The standard InChI is InChI=1S/C38H40ClN9O10S/c1-19(49)32(46-29(51)13-42)37(53)57-17-26(58-38(54)33(20(2)50)47-30(52)14-43)16-55-25-9-5-21(6-10-25)31-27(11-40)34(44)48-36(28(31)12-41)59-18-24-15-56-35(45-24)22-3-7-23(39)8-4-22/h3-10,15,19-20,26,32-33,49-50H,13-14,16-18,42-43H2,1-2H3,(H2,44,48)(H,46,51)(H,47,52)/t19?,20?,26-,32?,33?/m0/s1. The number of oxazole rings is 1. The summed E-state index contributed by atoms with van der Waals surface area (Å²) in [6.45, 7) is 0.386. The number of benzene rings is 2. The second-order valence-corrected chi connectivity index (χ2v) is 14.0. The van der Waals surface area contributed by atoms with E-state index in [1.807, 2.05) is 6.07 Å². The number of anilines is 1. The number of nitriles is 2. The molecule has 4 aromatic rings. The highest BCUT2D eigenvalue weighted by Crippen LogP contribution is 2.37. The molecule has 0 radical (unpaired) electrons. The number of carbonyl (C=O) groups is 4. The molecule has 4 rings (SSSR count). The summed E-state index contributed by atoms with van der Waals surface area (Å²) in [5, 5.41) is 45.8. The number of hydrogen-bond donors (Lipinski definition) is 7. The lowest BCUT2D eigenvalue weighted by Crippen LogP contribution is -2.52. The molecule has 0 saturated carbocycles. The van der Waals surface area contributed by atoms with Crippen molar-refractivity contribution in [1.29, 1.82) is 10.5 Å². The van der Waals surface area contributed by atoms with E-state index in [0.29, 0.717) is 27.7 Å². The number of aliphatic hydroxyl groups is 2. The van der Waals surface area contributed by atoms with Crippen LogP contribution in [-0.2, 0) is 34.4 Å². The summed E-state index contributed by atoms with van der Waals surface area (Å²) in [4.78, 5) is 58.5. The third-order valence-corrected chi connectivity index (χ3v) is 9.43. The van der Waals surface area contributed by atoms with E-state index >= 15 is 0 Å². The number of pyridine rings is 1. The minimum absolute atomic E-state index is 0.0348. The number of rotatable bonds is 19. The summed E-state index contributed by atoms with van der Waals surface area (Å²) in [5.41, 5.74) is 18.8. The Morgan fingerprint density at radius 2 is 1.44 bits per heavy atom. The van der Waals surface area contributed by atoms with E-state index in [0.717, 1.165) is 0 Å². The number of aliphatic hydroxyl groups excluding tert-OH is 2. The summed E-state index contributed by atoms with van der Waals surface area (Å²) in [6, 6.07) is 14.1. The van der Waals surface area contributed by atoms with E-state index in [1.165, 1.54) is 44.0 Å². The number of nitrogens with one attached hydrogen (secondary N) is 2. The Morgan fingerprint density at radius 3 is 2.00 bits per heavy atom. The maximum Gasteiger partial charge on any atom is 0.331 e. The number of nitrogens with two attached hydrogens (primary N) is 3. The number of carbonyl (C=O) groups excluding carboxylic acids is 4. The zero-order chi connectivity index (χ0) is 43.2. The van der Waals surface area contributed by atoms with E-state index in [1.54, 1.807) is 36.4 Å². The number of aromatic nitrogens is 2. The van der Waals surface area contributed by atoms with Crippen molar-refractivity contribution in [3.63, 3.8) is 0 Å². The molecule has 0 saturated heterocycles. The van der Waals surface area contributed by atoms with Gasteiger partial charge in [-0.05, 0) is 55.8 Å². The van der Waals surface area contributed by atoms with Crippen molar-refractivity contribution in [3.05, 3.63) is 76.6 Å². The van der Waals surface area contributed by atoms with Crippen LogP contribution in [0.5, 0.6) is 5.75 Å². The zero-order valence-electron chi connectivity index (χ0n) is 31.6. The lowest BCUT2D eigenvalue weighted by Gasteiger charge is -2.25. The molecular formula is C38H40ClN9O10S. The molecule has 0 aliphatic carbocycles. The molecule has 21 heteroatoms. The number of halogens is 1. The van der Waals surface area contributed by atoms with Gasteiger partial charge in [0.1, 0.15) is 53.8 Å². The van der Waals surface area contributed by atoms with Crippen LogP contribution in [-0.4, -0.2) is 101 Å². The number of hydrogen-bond acceptors (Lipinski definition) is 18.